The van der Waals surface area contributed by atoms with Crippen molar-refractivity contribution in [3.05, 3.63) is 32.9 Å². The van der Waals surface area contributed by atoms with Crippen LogP contribution in [0.5, 0.6) is 0 Å². The Morgan fingerprint density at radius 2 is 1.73 bits per heavy atom. The summed E-state index contributed by atoms with van der Waals surface area (Å²) in [5.74, 6) is -1.26. The molecule has 1 aromatic rings. The Balaban J connectivity index is 3.21. The van der Waals surface area contributed by atoms with E-state index in [1.807, 2.05) is 0 Å². The molecule has 0 aromatic heterocycles. The fraction of sp³-hybridized carbons (Fsp3) is 0.143. The van der Waals surface area contributed by atoms with E-state index < -0.39 is 11.6 Å². The van der Waals surface area contributed by atoms with Crippen LogP contribution in [0.25, 0.3) is 0 Å². The number of halogens is 3. The summed E-state index contributed by atoms with van der Waals surface area (Å²) in [6.45, 7) is -0.343. The first kappa shape index (κ1) is 8.86. The van der Waals surface area contributed by atoms with Gasteiger partial charge in [-0.25, -0.2) is 8.78 Å². The van der Waals surface area contributed by atoms with Crippen molar-refractivity contribution >= 4 is 22.6 Å². The molecule has 0 fully saturated rings. The van der Waals surface area contributed by atoms with Crippen molar-refractivity contribution in [1.82, 2.24) is 0 Å². The molecule has 1 N–H and O–H groups in total. The smallest absolute Gasteiger partial charge is 0.139 e. The van der Waals surface area contributed by atoms with Crippen LogP contribution < -0.4 is 0 Å². The van der Waals surface area contributed by atoms with Gasteiger partial charge in [0.1, 0.15) is 11.6 Å². The van der Waals surface area contributed by atoms with Crippen molar-refractivity contribution in [3.63, 3.8) is 0 Å². The van der Waals surface area contributed by atoms with Crippen molar-refractivity contribution in [3.8, 4) is 0 Å². The Morgan fingerprint density at radius 1 is 1.27 bits per heavy atom. The average molecular weight is 270 g/mol. The van der Waals surface area contributed by atoms with E-state index in [9.17, 15) is 8.78 Å². The highest BCUT2D eigenvalue weighted by molar-refractivity contribution is 14.1. The van der Waals surface area contributed by atoms with Crippen molar-refractivity contribution in [1.29, 1.82) is 0 Å². The molecule has 0 aliphatic carbocycles. The van der Waals surface area contributed by atoms with Gasteiger partial charge in [-0.15, -0.1) is 0 Å². The van der Waals surface area contributed by atoms with Gasteiger partial charge in [-0.2, -0.15) is 0 Å². The minimum Gasteiger partial charge on any atom is -0.392 e. The highest BCUT2D eigenvalue weighted by Gasteiger charge is 2.06. The van der Waals surface area contributed by atoms with Crippen molar-refractivity contribution in [2.75, 3.05) is 0 Å². The first-order valence-electron chi connectivity index (χ1n) is 2.89. The fourth-order valence-electron chi connectivity index (χ4n) is 0.699. The van der Waals surface area contributed by atoms with E-state index in [0.717, 1.165) is 12.1 Å². The van der Waals surface area contributed by atoms with Gasteiger partial charge in [0.2, 0.25) is 0 Å². The summed E-state index contributed by atoms with van der Waals surface area (Å²) in [6, 6.07) is 2.23. The second kappa shape index (κ2) is 3.44. The van der Waals surface area contributed by atoms with Crippen LogP contribution in [0.3, 0.4) is 0 Å². The van der Waals surface area contributed by atoms with E-state index in [1.54, 1.807) is 22.6 Å². The molecule has 0 saturated carbocycles. The third-order valence-corrected chi connectivity index (χ3v) is 2.26. The lowest BCUT2D eigenvalue weighted by Crippen LogP contribution is -1.92. The Hall–Kier alpha value is -0.230. The molecule has 0 spiro atoms. The first-order valence-corrected chi connectivity index (χ1v) is 3.97. The standard InChI is InChI=1S/C7H5F2IO/c8-5-1-4(3-11)2-6(9)7(5)10/h1-2,11H,3H2. The number of aliphatic hydroxyl groups is 1. The molecule has 0 unspecified atom stereocenters. The van der Waals surface area contributed by atoms with E-state index in [2.05, 4.69) is 0 Å². The van der Waals surface area contributed by atoms with Crippen LogP contribution in [0, 0.1) is 15.2 Å². The normalized spacial score (nSPS) is 10.2. The molecular formula is C7H5F2IO. The lowest BCUT2D eigenvalue weighted by Gasteiger charge is -1.99. The number of hydrogen-bond donors (Lipinski definition) is 1. The van der Waals surface area contributed by atoms with Crippen LogP contribution in [0.15, 0.2) is 12.1 Å². The molecule has 0 aliphatic rings. The molecule has 1 rings (SSSR count). The molecule has 0 bridgehead atoms. The lowest BCUT2D eigenvalue weighted by molar-refractivity contribution is 0.280. The second-order valence-corrected chi connectivity index (χ2v) is 3.11. The maximum atomic E-state index is 12.7. The van der Waals surface area contributed by atoms with E-state index in [0.29, 0.717) is 0 Å². The Kier molecular flexibility index (Phi) is 2.78. The summed E-state index contributed by atoms with van der Waals surface area (Å²) in [7, 11) is 0. The molecule has 11 heavy (non-hydrogen) atoms. The topological polar surface area (TPSA) is 20.2 Å². The van der Waals surface area contributed by atoms with Gasteiger partial charge in [-0.3, -0.25) is 0 Å². The summed E-state index contributed by atoms with van der Waals surface area (Å²) in [4.78, 5) is 0. The fourth-order valence-corrected chi connectivity index (χ4v) is 1.01. The Labute approximate surface area is 76.2 Å². The van der Waals surface area contributed by atoms with Crippen molar-refractivity contribution in [2.45, 2.75) is 6.61 Å². The summed E-state index contributed by atoms with van der Waals surface area (Å²) in [5, 5.41) is 8.54. The SMILES string of the molecule is OCc1cc(F)c(I)c(F)c1. The summed E-state index contributed by atoms with van der Waals surface area (Å²) >= 11 is 1.57. The molecular weight excluding hydrogens is 265 g/mol. The van der Waals surface area contributed by atoms with E-state index in [1.165, 1.54) is 0 Å². The van der Waals surface area contributed by atoms with Gasteiger partial charge in [-0.1, -0.05) is 0 Å². The van der Waals surface area contributed by atoms with Crippen LogP contribution in [-0.4, -0.2) is 5.11 Å². The third-order valence-electron chi connectivity index (χ3n) is 1.23. The highest BCUT2D eigenvalue weighted by Crippen LogP contribution is 2.16. The maximum absolute atomic E-state index is 12.7. The van der Waals surface area contributed by atoms with E-state index in [-0.39, 0.29) is 15.7 Å². The predicted octanol–water partition coefficient (Wildman–Crippen LogP) is 2.06. The van der Waals surface area contributed by atoms with Gasteiger partial charge in [-0.05, 0) is 40.3 Å². The largest absolute Gasteiger partial charge is 0.392 e. The zero-order valence-electron chi connectivity index (χ0n) is 5.44. The Bertz CT molecular complexity index is 252. The predicted molar refractivity (Wildman–Crippen MR) is 45.0 cm³/mol. The average Bonchev–Trinajstić information content (AvgIpc) is 1.99. The number of benzene rings is 1. The molecule has 0 saturated heterocycles. The van der Waals surface area contributed by atoms with Crippen LogP contribution in [0.2, 0.25) is 0 Å². The van der Waals surface area contributed by atoms with Gasteiger partial charge in [0.15, 0.2) is 0 Å². The van der Waals surface area contributed by atoms with Crippen molar-refractivity contribution < 1.29 is 13.9 Å². The zero-order chi connectivity index (χ0) is 8.43. The van der Waals surface area contributed by atoms with Crippen LogP contribution >= 0.6 is 22.6 Å². The monoisotopic (exact) mass is 270 g/mol. The van der Waals surface area contributed by atoms with Gasteiger partial charge in [0.05, 0.1) is 10.2 Å². The molecule has 1 aromatic carbocycles. The molecule has 4 heteroatoms. The maximum Gasteiger partial charge on any atom is 0.139 e. The van der Waals surface area contributed by atoms with Gasteiger partial charge in [0.25, 0.3) is 0 Å². The van der Waals surface area contributed by atoms with Gasteiger partial charge >= 0.3 is 0 Å². The number of hydrogen-bond acceptors (Lipinski definition) is 1. The molecule has 0 heterocycles. The summed E-state index contributed by atoms with van der Waals surface area (Å²) in [6.07, 6.45) is 0. The van der Waals surface area contributed by atoms with Crippen LogP contribution in [0.4, 0.5) is 8.78 Å². The minimum atomic E-state index is -0.630. The van der Waals surface area contributed by atoms with Crippen LogP contribution in [-0.2, 0) is 6.61 Å². The number of rotatable bonds is 1. The molecule has 0 radical (unpaired) electrons. The van der Waals surface area contributed by atoms with Gasteiger partial charge < -0.3 is 5.11 Å². The quantitative estimate of drug-likeness (QED) is 0.611. The summed E-state index contributed by atoms with van der Waals surface area (Å²) in [5.41, 5.74) is 0.250. The summed E-state index contributed by atoms with van der Waals surface area (Å²) < 4.78 is 25.3. The van der Waals surface area contributed by atoms with E-state index in [4.69, 9.17) is 5.11 Å². The molecule has 0 aliphatic heterocycles. The van der Waals surface area contributed by atoms with Crippen LogP contribution in [0.1, 0.15) is 5.56 Å². The molecule has 60 valence electrons. The Morgan fingerprint density at radius 3 is 2.09 bits per heavy atom. The lowest BCUT2D eigenvalue weighted by atomic mass is 10.2. The number of aliphatic hydroxyl groups excluding tert-OH is 1. The minimum absolute atomic E-state index is 0.0419. The molecule has 1 nitrogen and oxygen atoms in total. The van der Waals surface area contributed by atoms with Gasteiger partial charge in [0, 0.05) is 0 Å². The molecule has 0 atom stereocenters. The third kappa shape index (κ3) is 1.87. The second-order valence-electron chi connectivity index (χ2n) is 2.03. The van der Waals surface area contributed by atoms with Crippen molar-refractivity contribution in [2.24, 2.45) is 0 Å². The molecule has 0 amide bonds. The first-order chi connectivity index (χ1) is 5.15. The van der Waals surface area contributed by atoms with E-state index >= 15 is 0 Å². The zero-order valence-corrected chi connectivity index (χ0v) is 7.60. The highest BCUT2D eigenvalue weighted by atomic mass is 127.